The molecular formula is C28H24BrFN2O4. The molecule has 8 heteroatoms. The van der Waals surface area contributed by atoms with Crippen LogP contribution in [0.3, 0.4) is 0 Å². The zero-order valence-electron chi connectivity index (χ0n) is 20.0. The molecule has 0 bridgehead atoms. The second-order valence-electron chi connectivity index (χ2n) is 8.40. The lowest BCUT2D eigenvalue weighted by atomic mass is 10.00. The monoisotopic (exact) mass is 550 g/mol. The lowest BCUT2D eigenvalue weighted by Crippen LogP contribution is -2.54. The normalized spacial score (nSPS) is 14.9. The van der Waals surface area contributed by atoms with Crippen molar-refractivity contribution in [3.63, 3.8) is 0 Å². The molecule has 3 aromatic rings. The summed E-state index contributed by atoms with van der Waals surface area (Å²) in [6.45, 7) is 5.92. The van der Waals surface area contributed by atoms with Crippen molar-refractivity contribution in [3.8, 4) is 5.75 Å². The number of hydrogen-bond donors (Lipinski definition) is 1. The Kier molecular flexibility index (Phi) is 7.35. The minimum absolute atomic E-state index is 0.178. The minimum Gasteiger partial charge on any atom is -0.494 e. The third-order valence-corrected chi connectivity index (χ3v) is 6.68. The highest BCUT2D eigenvalue weighted by molar-refractivity contribution is 9.10. The van der Waals surface area contributed by atoms with Crippen LogP contribution >= 0.6 is 15.9 Å². The molecule has 3 aromatic carbocycles. The molecule has 0 aromatic heterocycles. The summed E-state index contributed by atoms with van der Waals surface area (Å²) in [7, 11) is 0. The summed E-state index contributed by atoms with van der Waals surface area (Å²) >= 11 is 3.56. The van der Waals surface area contributed by atoms with Crippen LogP contribution in [-0.4, -0.2) is 24.5 Å². The van der Waals surface area contributed by atoms with Crippen molar-refractivity contribution in [2.75, 3.05) is 11.5 Å². The van der Waals surface area contributed by atoms with Crippen molar-refractivity contribution in [2.24, 2.45) is 0 Å². The number of urea groups is 1. The van der Waals surface area contributed by atoms with Gasteiger partial charge in [0.1, 0.15) is 17.1 Å². The predicted octanol–water partition coefficient (Wildman–Crippen LogP) is 5.86. The van der Waals surface area contributed by atoms with Gasteiger partial charge >= 0.3 is 6.03 Å². The van der Waals surface area contributed by atoms with Crippen LogP contribution in [-0.2, 0) is 16.0 Å². The van der Waals surface area contributed by atoms with E-state index in [1.165, 1.54) is 18.2 Å². The highest BCUT2D eigenvalue weighted by Crippen LogP contribution is 2.33. The molecule has 6 nitrogen and oxygen atoms in total. The van der Waals surface area contributed by atoms with Crippen molar-refractivity contribution in [1.82, 2.24) is 5.32 Å². The average Bonchev–Trinajstić information content (AvgIpc) is 2.82. The number of halogens is 2. The van der Waals surface area contributed by atoms with E-state index in [2.05, 4.69) is 21.2 Å². The molecule has 1 saturated heterocycles. The second kappa shape index (κ2) is 10.5. The van der Waals surface area contributed by atoms with Crippen LogP contribution < -0.4 is 15.0 Å². The van der Waals surface area contributed by atoms with Gasteiger partial charge in [-0.15, -0.1) is 0 Å². The molecule has 1 aliphatic rings. The number of rotatable bonds is 6. The number of anilines is 1. The molecule has 4 amide bonds. The molecule has 184 valence electrons. The van der Waals surface area contributed by atoms with Crippen LogP contribution in [0.1, 0.15) is 34.7 Å². The van der Waals surface area contributed by atoms with Crippen molar-refractivity contribution in [1.29, 1.82) is 0 Å². The number of nitrogens with one attached hydrogen (secondary N) is 1. The van der Waals surface area contributed by atoms with Crippen molar-refractivity contribution in [2.45, 2.75) is 27.2 Å². The standard InChI is InChI=1S/C28H24BrFN2O4/c1-4-36-25-15-19(14-23(29)21(25)12-18-8-6-9-20(30)11-18)13-22-26(33)31-28(35)32(27(22)34)24-10-5-7-16(2)17(24)3/h5-11,13-15H,4,12H2,1-3H3,(H,31,33,35)/b22-13+. The van der Waals surface area contributed by atoms with Gasteiger partial charge in [0, 0.05) is 16.5 Å². The van der Waals surface area contributed by atoms with E-state index < -0.39 is 17.8 Å². The van der Waals surface area contributed by atoms with Crippen LogP contribution in [0.25, 0.3) is 6.08 Å². The molecule has 0 saturated carbocycles. The largest absolute Gasteiger partial charge is 0.494 e. The second-order valence-corrected chi connectivity index (χ2v) is 9.25. The van der Waals surface area contributed by atoms with E-state index >= 15 is 0 Å². The number of ether oxygens (including phenoxy) is 1. The van der Waals surface area contributed by atoms with Gasteiger partial charge in [-0.25, -0.2) is 14.1 Å². The Balaban J connectivity index is 1.74. The van der Waals surface area contributed by atoms with Crippen molar-refractivity contribution < 1.29 is 23.5 Å². The third kappa shape index (κ3) is 5.09. The summed E-state index contributed by atoms with van der Waals surface area (Å²) in [5.74, 6) is -1.28. The van der Waals surface area contributed by atoms with Gasteiger partial charge < -0.3 is 4.74 Å². The van der Waals surface area contributed by atoms with Gasteiger partial charge in [-0.3, -0.25) is 14.9 Å². The van der Waals surface area contributed by atoms with Crippen molar-refractivity contribution >= 4 is 45.5 Å². The molecule has 0 spiro atoms. The molecule has 0 radical (unpaired) electrons. The first-order chi connectivity index (χ1) is 17.2. The Morgan fingerprint density at radius 3 is 2.53 bits per heavy atom. The van der Waals surface area contributed by atoms with Crippen molar-refractivity contribution in [3.05, 3.63) is 98.3 Å². The zero-order chi connectivity index (χ0) is 26.0. The van der Waals surface area contributed by atoms with Crippen LogP contribution in [0.15, 0.2) is 64.6 Å². The molecular weight excluding hydrogens is 527 g/mol. The first-order valence-corrected chi connectivity index (χ1v) is 12.2. The van der Waals surface area contributed by atoms with Crippen LogP contribution in [0.4, 0.5) is 14.9 Å². The molecule has 1 N–H and O–H groups in total. The summed E-state index contributed by atoms with van der Waals surface area (Å²) in [4.78, 5) is 39.6. The predicted molar refractivity (Wildman–Crippen MR) is 139 cm³/mol. The van der Waals surface area contributed by atoms with Gasteiger partial charge in [-0.2, -0.15) is 0 Å². The summed E-state index contributed by atoms with van der Waals surface area (Å²) < 4.78 is 20.2. The third-order valence-electron chi connectivity index (χ3n) is 5.98. The highest BCUT2D eigenvalue weighted by atomic mass is 79.9. The number of amides is 4. The number of aryl methyl sites for hydroxylation is 1. The number of barbiturate groups is 1. The van der Waals surface area contributed by atoms with Crippen LogP contribution in [0, 0.1) is 19.7 Å². The lowest BCUT2D eigenvalue weighted by Gasteiger charge is -2.28. The van der Waals surface area contributed by atoms with Gasteiger partial charge in [0.25, 0.3) is 11.8 Å². The van der Waals surface area contributed by atoms with Gasteiger partial charge in [-0.05, 0) is 79.4 Å². The van der Waals surface area contributed by atoms with E-state index in [9.17, 15) is 18.8 Å². The summed E-state index contributed by atoms with van der Waals surface area (Å²) in [5, 5.41) is 2.26. The lowest BCUT2D eigenvalue weighted by molar-refractivity contribution is -0.122. The van der Waals surface area contributed by atoms with Gasteiger partial charge in [0.15, 0.2) is 0 Å². The molecule has 36 heavy (non-hydrogen) atoms. The fourth-order valence-electron chi connectivity index (χ4n) is 4.04. The number of hydrogen-bond acceptors (Lipinski definition) is 4. The van der Waals surface area contributed by atoms with E-state index in [4.69, 9.17) is 4.74 Å². The molecule has 0 unspecified atom stereocenters. The number of carbonyl (C=O) groups is 3. The maximum Gasteiger partial charge on any atom is 0.335 e. The Labute approximate surface area is 216 Å². The van der Waals surface area contributed by atoms with Crippen LogP contribution in [0.2, 0.25) is 0 Å². The van der Waals surface area contributed by atoms with E-state index in [0.29, 0.717) is 34.5 Å². The first kappa shape index (κ1) is 25.3. The maximum atomic E-state index is 13.7. The van der Waals surface area contributed by atoms with Crippen LogP contribution in [0.5, 0.6) is 5.75 Å². The Morgan fingerprint density at radius 1 is 1.06 bits per heavy atom. The SMILES string of the molecule is CCOc1cc(/C=C2\C(=O)NC(=O)N(c3cccc(C)c3C)C2=O)cc(Br)c1Cc1cccc(F)c1. The molecule has 1 fully saturated rings. The van der Waals surface area contributed by atoms with E-state index in [1.807, 2.05) is 32.9 Å². The summed E-state index contributed by atoms with van der Waals surface area (Å²) in [6.07, 6.45) is 1.85. The topological polar surface area (TPSA) is 75.7 Å². The smallest absolute Gasteiger partial charge is 0.335 e. The maximum absolute atomic E-state index is 13.7. The Hall–Kier alpha value is -3.78. The molecule has 1 aliphatic heterocycles. The molecule has 0 atom stereocenters. The number of carbonyl (C=O) groups excluding carboxylic acids is 3. The first-order valence-electron chi connectivity index (χ1n) is 11.4. The summed E-state index contributed by atoms with van der Waals surface area (Å²) in [6, 6.07) is 14.3. The minimum atomic E-state index is -0.794. The Bertz CT molecular complexity index is 1420. The van der Waals surface area contributed by atoms with E-state index in [0.717, 1.165) is 27.2 Å². The zero-order valence-corrected chi connectivity index (χ0v) is 21.6. The van der Waals surface area contributed by atoms with Gasteiger partial charge in [0.05, 0.1) is 12.3 Å². The van der Waals surface area contributed by atoms with E-state index in [1.54, 1.807) is 30.3 Å². The molecule has 0 aliphatic carbocycles. The van der Waals surface area contributed by atoms with Gasteiger partial charge in [-0.1, -0.05) is 40.2 Å². The molecule has 4 rings (SSSR count). The highest BCUT2D eigenvalue weighted by Gasteiger charge is 2.37. The Morgan fingerprint density at radius 2 is 1.81 bits per heavy atom. The average molecular weight is 551 g/mol. The number of benzene rings is 3. The van der Waals surface area contributed by atoms with E-state index in [-0.39, 0.29) is 11.4 Å². The fraction of sp³-hybridized carbons (Fsp3) is 0.179. The fourth-order valence-corrected chi connectivity index (χ4v) is 4.64. The number of nitrogens with zero attached hydrogens (tertiary/aromatic N) is 1. The quantitative estimate of drug-likeness (QED) is 0.308. The summed E-state index contributed by atoms with van der Waals surface area (Å²) in [5.41, 5.74) is 4.01. The molecule has 1 heterocycles. The van der Waals surface area contributed by atoms with Gasteiger partial charge in [0.2, 0.25) is 0 Å². The number of imide groups is 2.